The Morgan fingerprint density at radius 2 is 1.73 bits per heavy atom. The molecule has 0 atom stereocenters. The maximum absolute atomic E-state index is 12.6. The maximum atomic E-state index is 12.6. The number of aromatic nitrogens is 1. The Balaban J connectivity index is 1.42. The van der Waals surface area contributed by atoms with Crippen LogP contribution in [0.25, 0.3) is 10.9 Å². The molecule has 2 aromatic carbocycles. The zero-order valence-corrected chi connectivity index (χ0v) is 14.5. The van der Waals surface area contributed by atoms with Crippen molar-refractivity contribution in [2.24, 2.45) is 0 Å². The molecule has 1 N–H and O–H groups in total. The quantitative estimate of drug-likeness (QED) is 0.791. The standard InChI is InChI=1S/C21H21N3O2/c25-19-9-2-1-8-18(19)21(26)24-13-11-23(12-14-24)15-17-6-3-5-16-7-4-10-22-20(16)17/h1-10,25H,11-15H2. The number of para-hydroxylation sites is 2. The highest BCUT2D eigenvalue weighted by Gasteiger charge is 2.24. The highest BCUT2D eigenvalue weighted by atomic mass is 16.3. The van der Waals surface area contributed by atoms with Gasteiger partial charge in [0, 0.05) is 44.3 Å². The number of benzene rings is 2. The van der Waals surface area contributed by atoms with Crippen LogP contribution in [0.5, 0.6) is 5.75 Å². The zero-order chi connectivity index (χ0) is 17.9. The minimum atomic E-state index is -0.102. The number of phenolic OH excluding ortho intramolecular Hbond substituents is 1. The molecule has 0 bridgehead atoms. The summed E-state index contributed by atoms with van der Waals surface area (Å²) in [4.78, 5) is 21.3. The Morgan fingerprint density at radius 1 is 0.962 bits per heavy atom. The van der Waals surface area contributed by atoms with E-state index in [0.29, 0.717) is 18.7 Å². The van der Waals surface area contributed by atoms with E-state index in [1.807, 2.05) is 17.2 Å². The van der Waals surface area contributed by atoms with Crippen molar-refractivity contribution in [3.05, 3.63) is 71.9 Å². The van der Waals surface area contributed by atoms with E-state index in [2.05, 4.69) is 34.1 Å². The molecule has 0 radical (unpaired) electrons. The Bertz CT molecular complexity index is 928. The van der Waals surface area contributed by atoms with Crippen molar-refractivity contribution in [3.63, 3.8) is 0 Å². The molecule has 26 heavy (non-hydrogen) atoms. The molecule has 5 heteroatoms. The molecule has 0 unspecified atom stereocenters. The van der Waals surface area contributed by atoms with Gasteiger partial charge >= 0.3 is 0 Å². The average Bonchev–Trinajstić information content (AvgIpc) is 2.69. The fourth-order valence-electron chi connectivity index (χ4n) is 3.47. The summed E-state index contributed by atoms with van der Waals surface area (Å²) in [5.74, 6) is -0.0589. The third kappa shape index (κ3) is 3.26. The van der Waals surface area contributed by atoms with Gasteiger partial charge in [0.2, 0.25) is 0 Å². The zero-order valence-electron chi connectivity index (χ0n) is 14.5. The number of nitrogens with zero attached hydrogens (tertiary/aromatic N) is 3. The monoisotopic (exact) mass is 347 g/mol. The Labute approximate surface area is 152 Å². The molecule has 1 fully saturated rings. The first-order valence-electron chi connectivity index (χ1n) is 8.84. The summed E-state index contributed by atoms with van der Waals surface area (Å²) in [5, 5.41) is 11.0. The van der Waals surface area contributed by atoms with Crippen LogP contribution in [0.4, 0.5) is 0 Å². The third-order valence-electron chi connectivity index (χ3n) is 4.90. The number of rotatable bonds is 3. The summed E-state index contributed by atoms with van der Waals surface area (Å²) in [5.41, 5.74) is 2.63. The summed E-state index contributed by atoms with van der Waals surface area (Å²) >= 11 is 0. The van der Waals surface area contributed by atoms with E-state index in [1.165, 1.54) is 5.56 Å². The topological polar surface area (TPSA) is 56.7 Å². The van der Waals surface area contributed by atoms with Crippen LogP contribution in [-0.2, 0) is 6.54 Å². The van der Waals surface area contributed by atoms with E-state index in [1.54, 1.807) is 24.3 Å². The van der Waals surface area contributed by atoms with Gasteiger partial charge in [0.25, 0.3) is 5.91 Å². The number of carbonyl (C=O) groups excluding carboxylic acids is 1. The average molecular weight is 347 g/mol. The first-order chi connectivity index (χ1) is 12.7. The molecule has 0 spiro atoms. The lowest BCUT2D eigenvalue weighted by Crippen LogP contribution is -2.48. The SMILES string of the molecule is O=C(c1ccccc1O)N1CCN(Cc2cccc3cccnc23)CC1. The lowest BCUT2D eigenvalue weighted by atomic mass is 10.1. The minimum absolute atomic E-state index is 0.0433. The minimum Gasteiger partial charge on any atom is -0.507 e. The van der Waals surface area contributed by atoms with Gasteiger partial charge in [-0.1, -0.05) is 36.4 Å². The van der Waals surface area contributed by atoms with Gasteiger partial charge < -0.3 is 10.0 Å². The first kappa shape index (κ1) is 16.5. The molecule has 1 saturated heterocycles. The maximum Gasteiger partial charge on any atom is 0.257 e. The van der Waals surface area contributed by atoms with E-state index in [9.17, 15) is 9.90 Å². The molecular formula is C21H21N3O2. The molecule has 132 valence electrons. The van der Waals surface area contributed by atoms with Crippen LogP contribution in [0.15, 0.2) is 60.8 Å². The highest BCUT2D eigenvalue weighted by Crippen LogP contribution is 2.21. The molecule has 0 aliphatic carbocycles. The van der Waals surface area contributed by atoms with Gasteiger partial charge in [-0.05, 0) is 23.8 Å². The van der Waals surface area contributed by atoms with Crippen molar-refractivity contribution in [2.45, 2.75) is 6.54 Å². The van der Waals surface area contributed by atoms with Crippen LogP contribution < -0.4 is 0 Å². The van der Waals surface area contributed by atoms with E-state index in [4.69, 9.17) is 0 Å². The molecule has 1 amide bonds. The highest BCUT2D eigenvalue weighted by molar-refractivity contribution is 5.96. The summed E-state index contributed by atoms with van der Waals surface area (Å²) < 4.78 is 0. The van der Waals surface area contributed by atoms with Crippen molar-refractivity contribution in [1.82, 2.24) is 14.8 Å². The predicted octanol–water partition coefficient (Wildman–Crippen LogP) is 2.90. The predicted molar refractivity (Wildman–Crippen MR) is 101 cm³/mol. The second-order valence-electron chi connectivity index (χ2n) is 6.58. The van der Waals surface area contributed by atoms with Gasteiger partial charge in [-0.25, -0.2) is 0 Å². The van der Waals surface area contributed by atoms with Crippen LogP contribution in [-0.4, -0.2) is 52.0 Å². The van der Waals surface area contributed by atoms with Crippen LogP contribution in [0, 0.1) is 0 Å². The van der Waals surface area contributed by atoms with E-state index in [-0.39, 0.29) is 11.7 Å². The van der Waals surface area contributed by atoms with Crippen LogP contribution in [0.3, 0.4) is 0 Å². The number of fused-ring (bicyclic) bond motifs is 1. The Hall–Kier alpha value is -2.92. The van der Waals surface area contributed by atoms with E-state index in [0.717, 1.165) is 30.5 Å². The summed E-state index contributed by atoms with van der Waals surface area (Å²) in [7, 11) is 0. The lowest BCUT2D eigenvalue weighted by Gasteiger charge is -2.35. The van der Waals surface area contributed by atoms with Gasteiger partial charge in [-0.2, -0.15) is 0 Å². The summed E-state index contributed by atoms with van der Waals surface area (Å²) in [6, 6.07) is 17.0. The first-order valence-corrected chi connectivity index (χ1v) is 8.84. The molecule has 0 saturated carbocycles. The second-order valence-corrected chi connectivity index (χ2v) is 6.58. The molecule has 4 rings (SSSR count). The van der Waals surface area contributed by atoms with Crippen LogP contribution in [0.1, 0.15) is 15.9 Å². The fraction of sp³-hybridized carbons (Fsp3) is 0.238. The molecule has 5 nitrogen and oxygen atoms in total. The van der Waals surface area contributed by atoms with Crippen molar-refractivity contribution < 1.29 is 9.90 Å². The lowest BCUT2D eigenvalue weighted by molar-refractivity contribution is 0.0626. The Kier molecular flexibility index (Phi) is 4.54. The number of amides is 1. The number of piperazine rings is 1. The van der Waals surface area contributed by atoms with Gasteiger partial charge in [0.15, 0.2) is 0 Å². The van der Waals surface area contributed by atoms with Crippen molar-refractivity contribution in [1.29, 1.82) is 0 Å². The molecule has 1 aliphatic rings. The molecule has 1 aromatic heterocycles. The third-order valence-corrected chi connectivity index (χ3v) is 4.90. The number of carbonyl (C=O) groups is 1. The number of pyridine rings is 1. The van der Waals surface area contributed by atoms with Crippen molar-refractivity contribution in [2.75, 3.05) is 26.2 Å². The molecular weight excluding hydrogens is 326 g/mol. The van der Waals surface area contributed by atoms with Crippen LogP contribution in [0.2, 0.25) is 0 Å². The van der Waals surface area contributed by atoms with Gasteiger partial charge in [0.1, 0.15) is 5.75 Å². The normalized spacial score (nSPS) is 15.3. The fourth-order valence-corrected chi connectivity index (χ4v) is 3.47. The van der Waals surface area contributed by atoms with Crippen molar-refractivity contribution in [3.8, 4) is 5.75 Å². The smallest absolute Gasteiger partial charge is 0.257 e. The summed E-state index contributed by atoms with van der Waals surface area (Å²) in [6.07, 6.45) is 1.83. The van der Waals surface area contributed by atoms with Gasteiger partial charge in [-0.3, -0.25) is 14.7 Å². The number of hydrogen-bond donors (Lipinski definition) is 1. The Morgan fingerprint density at radius 3 is 2.54 bits per heavy atom. The van der Waals surface area contributed by atoms with E-state index < -0.39 is 0 Å². The number of hydrogen-bond acceptors (Lipinski definition) is 4. The van der Waals surface area contributed by atoms with Crippen molar-refractivity contribution >= 4 is 16.8 Å². The summed E-state index contributed by atoms with van der Waals surface area (Å²) in [6.45, 7) is 3.76. The van der Waals surface area contributed by atoms with Crippen LogP contribution >= 0.6 is 0 Å². The molecule has 2 heterocycles. The molecule has 1 aliphatic heterocycles. The number of phenols is 1. The number of aromatic hydroxyl groups is 1. The molecule has 3 aromatic rings. The second kappa shape index (κ2) is 7.14. The van der Waals surface area contributed by atoms with Gasteiger partial charge in [-0.15, -0.1) is 0 Å². The largest absolute Gasteiger partial charge is 0.507 e. The van der Waals surface area contributed by atoms with Gasteiger partial charge in [0.05, 0.1) is 11.1 Å². The van der Waals surface area contributed by atoms with E-state index >= 15 is 0 Å².